The van der Waals surface area contributed by atoms with Crippen LogP contribution in [0.15, 0.2) is 16.6 Å². The van der Waals surface area contributed by atoms with E-state index in [4.69, 9.17) is 15.6 Å². The van der Waals surface area contributed by atoms with Gasteiger partial charge in [0.1, 0.15) is 11.6 Å². The second-order valence-corrected chi connectivity index (χ2v) is 3.99. The third-order valence-corrected chi connectivity index (χ3v) is 2.75. The van der Waals surface area contributed by atoms with E-state index in [1.165, 1.54) is 19.2 Å². The quantitative estimate of drug-likeness (QED) is 0.886. The van der Waals surface area contributed by atoms with Gasteiger partial charge >= 0.3 is 5.97 Å². The molecule has 0 saturated carbocycles. The summed E-state index contributed by atoms with van der Waals surface area (Å²) in [5.41, 5.74) is 5.33. The predicted octanol–water partition coefficient (Wildman–Crippen LogP) is 1.72. The summed E-state index contributed by atoms with van der Waals surface area (Å²) in [5.74, 6) is -2.49. The fraction of sp³-hybridized carbons (Fsp3) is 0.300. The SMILES string of the molecule is COc1cc(Br)c(F)c(C(CN)C(=O)O)c1. The summed E-state index contributed by atoms with van der Waals surface area (Å²) in [6, 6.07) is 2.76. The average Bonchev–Trinajstić information content (AvgIpc) is 2.24. The van der Waals surface area contributed by atoms with Gasteiger partial charge in [-0.05, 0) is 28.1 Å². The van der Waals surface area contributed by atoms with Crippen LogP contribution in [-0.4, -0.2) is 24.7 Å². The number of ether oxygens (including phenoxy) is 1. The molecule has 0 aliphatic heterocycles. The maximum atomic E-state index is 13.7. The zero-order valence-corrected chi connectivity index (χ0v) is 10.1. The lowest BCUT2D eigenvalue weighted by Gasteiger charge is -2.13. The first-order chi connectivity index (χ1) is 7.51. The predicted molar refractivity (Wildman–Crippen MR) is 60.1 cm³/mol. The first kappa shape index (κ1) is 12.9. The monoisotopic (exact) mass is 291 g/mol. The second-order valence-electron chi connectivity index (χ2n) is 3.14. The van der Waals surface area contributed by atoms with Crippen LogP contribution in [0.3, 0.4) is 0 Å². The zero-order chi connectivity index (χ0) is 12.3. The number of methoxy groups -OCH3 is 1. The van der Waals surface area contributed by atoms with Gasteiger partial charge in [0, 0.05) is 12.1 Å². The van der Waals surface area contributed by atoms with Crippen molar-refractivity contribution in [3.05, 3.63) is 28.0 Å². The van der Waals surface area contributed by atoms with Crippen LogP contribution in [-0.2, 0) is 4.79 Å². The second kappa shape index (κ2) is 5.27. The highest BCUT2D eigenvalue weighted by atomic mass is 79.9. The van der Waals surface area contributed by atoms with Gasteiger partial charge in [-0.2, -0.15) is 0 Å². The summed E-state index contributed by atoms with van der Waals surface area (Å²) >= 11 is 3.00. The Labute approximate surface area is 100 Å². The molecule has 1 aromatic carbocycles. The lowest BCUT2D eigenvalue weighted by atomic mass is 9.98. The minimum absolute atomic E-state index is 0.0150. The van der Waals surface area contributed by atoms with Crippen molar-refractivity contribution in [2.45, 2.75) is 5.92 Å². The van der Waals surface area contributed by atoms with Crippen molar-refractivity contribution in [2.75, 3.05) is 13.7 Å². The molecule has 0 aliphatic rings. The van der Waals surface area contributed by atoms with Crippen LogP contribution in [0.5, 0.6) is 5.75 Å². The Kier molecular flexibility index (Phi) is 4.26. The number of rotatable bonds is 4. The zero-order valence-electron chi connectivity index (χ0n) is 8.54. The van der Waals surface area contributed by atoms with Crippen molar-refractivity contribution >= 4 is 21.9 Å². The molecular weight excluding hydrogens is 281 g/mol. The topological polar surface area (TPSA) is 72.5 Å². The highest BCUT2D eigenvalue weighted by molar-refractivity contribution is 9.10. The van der Waals surface area contributed by atoms with Gasteiger partial charge in [-0.3, -0.25) is 4.79 Å². The van der Waals surface area contributed by atoms with Crippen LogP contribution < -0.4 is 10.5 Å². The number of benzene rings is 1. The molecule has 0 radical (unpaired) electrons. The van der Waals surface area contributed by atoms with E-state index in [0.29, 0.717) is 5.75 Å². The number of halogens is 2. The van der Waals surface area contributed by atoms with Crippen LogP contribution >= 0.6 is 15.9 Å². The summed E-state index contributed by atoms with van der Waals surface area (Å²) in [4.78, 5) is 10.9. The Balaban J connectivity index is 3.30. The van der Waals surface area contributed by atoms with Crippen LogP contribution in [0.1, 0.15) is 11.5 Å². The average molecular weight is 292 g/mol. The van der Waals surface area contributed by atoms with Gasteiger partial charge in [0.15, 0.2) is 0 Å². The summed E-state index contributed by atoms with van der Waals surface area (Å²) in [5, 5.41) is 8.90. The van der Waals surface area contributed by atoms with Gasteiger partial charge < -0.3 is 15.6 Å². The summed E-state index contributed by atoms with van der Waals surface area (Å²) < 4.78 is 18.8. The van der Waals surface area contributed by atoms with Gasteiger partial charge in [-0.1, -0.05) is 0 Å². The Morgan fingerprint density at radius 1 is 1.69 bits per heavy atom. The molecule has 1 aromatic rings. The van der Waals surface area contributed by atoms with E-state index in [1.54, 1.807) is 0 Å². The number of nitrogens with two attached hydrogens (primary N) is 1. The van der Waals surface area contributed by atoms with E-state index in [2.05, 4.69) is 15.9 Å². The Bertz CT molecular complexity index is 411. The summed E-state index contributed by atoms with van der Waals surface area (Å²) in [6.45, 7) is -0.175. The van der Waals surface area contributed by atoms with Crippen molar-refractivity contribution < 1.29 is 19.0 Å². The Hall–Kier alpha value is -1.14. The number of carboxylic acids is 1. The van der Waals surface area contributed by atoms with Crippen molar-refractivity contribution in [2.24, 2.45) is 5.73 Å². The van der Waals surface area contributed by atoms with E-state index in [0.717, 1.165) is 0 Å². The molecule has 0 spiro atoms. The number of hydrogen-bond acceptors (Lipinski definition) is 3. The maximum absolute atomic E-state index is 13.7. The maximum Gasteiger partial charge on any atom is 0.312 e. The first-order valence-corrected chi connectivity index (χ1v) is 5.26. The molecule has 0 fully saturated rings. The molecule has 1 atom stereocenters. The Morgan fingerprint density at radius 2 is 2.31 bits per heavy atom. The number of carbonyl (C=O) groups is 1. The van der Waals surface area contributed by atoms with Gasteiger partial charge in [-0.25, -0.2) is 4.39 Å². The van der Waals surface area contributed by atoms with Crippen molar-refractivity contribution in [3.8, 4) is 5.75 Å². The van der Waals surface area contributed by atoms with Gasteiger partial charge in [0.05, 0.1) is 17.5 Å². The van der Waals surface area contributed by atoms with E-state index in [-0.39, 0.29) is 16.6 Å². The summed E-state index contributed by atoms with van der Waals surface area (Å²) in [7, 11) is 1.42. The fourth-order valence-corrected chi connectivity index (χ4v) is 1.77. The van der Waals surface area contributed by atoms with E-state index in [1.807, 2.05) is 0 Å². The summed E-state index contributed by atoms with van der Waals surface area (Å²) in [6.07, 6.45) is 0. The smallest absolute Gasteiger partial charge is 0.312 e. The molecule has 0 heterocycles. The normalized spacial score (nSPS) is 12.2. The van der Waals surface area contributed by atoms with Crippen LogP contribution in [0.25, 0.3) is 0 Å². The highest BCUT2D eigenvalue weighted by Crippen LogP contribution is 2.30. The minimum Gasteiger partial charge on any atom is -0.497 e. The van der Waals surface area contributed by atoms with Gasteiger partial charge in [0.2, 0.25) is 0 Å². The Morgan fingerprint density at radius 3 is 2.75 bits per heavy atom. The van der Waals surface area contributed by atoms with E-state index in [9.17, 15) is 9.18 Å². The minimum atomic E-state index is -1.17. The van der Waals surface area contributed by atoms with E-state index < -0.39 is 17.7 Å². The van der Waals surface area contributed by atoms with Crippen LogP contribution in [0, 0.1) is 5.82 Å². The highest BCUT2D eigenvalue weighted by Gasteiger charge is 2.23. The molecule has 1 rings (SSSR count). The van der Waals surface area contributed by atoms with Crippen molar-refractivity contribution in [1.29, 1.82) is 0 Å². The van der Waals surface area contributed by atoms with Gasteiger partial charge in [-0.15, -0.1) is 0 Å². The molecule has 0 bridgehead atoms. The molecule has 1 unspecified atom stereocenters. The third-order valence-electron chi connectivity index (χ3n) is 2.17. The van der Waals surface area contributed by atoms with Crippen LogP contribution in [0.2, 0.25) is 0 Å². The molecule has 0 aliphatic carbocycles. The molecule has 88 valence electrons. The molecule has 0 saturated heterocycles. The number of carboxylic acid groups (broad SMARTS) is 1. The fourth-order valence-electron chi connectivity index (χ4n) is 1.32. The standard InChI is InChI=1S/C10H11BrFNO3/c1-16-5-2-6(7(4-13)10(14)15)9(12)8(11)3-5/h2-3,7H,4,13H2,1H3,(H,14,15). The third kappa shape index (κ3) is 2.51. The number of aliphatic carboxylic acids is 1. The molecule has 4 nitrogen and oxygen atoms in total. The molecule has 16 heavy (non-hydrogen) atoms. The largest absolute Gasteiger partial charge is 0.497 e. The molecule has 0 aromatic heterocycles. The lowest BCUT2D eigenvalue weighted by molar-refractivity contribution is -0.138. The number of hydrogen-bond donors (Lipinski definition) is 2. The van der Waals surface area contributed by atoms with Gasteiger partial charge in [0.25, 0.3) is 0 Å². The van der Waals surface area contributed by atoms with E-state index >= 15 is 0 Å². The lowest BCUT2D eigenvalue weighted by Crippen LogP contribution is -2.22. The first-order valence-electron chi connectivity index (χ1n) is 4.47. The molecular formula is C10H11BrFNO3. The van der Waals surface area contributed by atoms with Crippen molar-refractivity contribution in [1.82, 2.24) is 0 Å². The molecule has 0 amide bonds. The van der Waals surface area contributed by atoms with Crippen LogP contribution in [0.4, 0.5) is 4.39 Å². The van der Waals surface area contributed by atoms with Crippen molar-refractivity contribution in [3.63, 3.8) is 0 Å². The molecule has 3 N–H and O–H groups in total. The molecule has 6 heteroatoms.